The third-order valence-corrected chi connectivity index (χ3v) is 7.87. The summed E-state index contributed by atoms with van der Waals surface area (Å²) >= 11 is 0. The fourth-order valence-corrected chi connectivity index (χ4v) is 6.36. The van der Waals surface area contributed by atoms with E-state index in [2.05, 4.69) is 39.7 Å². The Bertz CT molecular complexity index is 809. The topological polar surface area (TPSA) is 66.1 Å². The molecule has 0 aliphatic carbocycles. The molecule has 156 valence electrons. The molecule has 7 rings (SSSR count). The lowest BCUT2D eigenvalue weighted by molar-refractivity contribution is -0.138. The first-order chi connectivity index (χ1) is 14.2. The Morgan fingerprint density at radius 1 is 1.14 bits per heavy atom. The molecule has 7 heteroatoms. The summed E-state index contributed by atoms with van der Waals surface area (Å²) in [4.78, 5) is 18.4. The number of ether oxygens (including phenoxy) is 2. The van der Waals surface area contributed by atoms with E-state index in [-0.39, 0.29) is 11.9 Å². The van der Waals surface area contributed by atoms with Crippen molar-refractivity contribution in [3.05, 3.63) is 23.8 Å². The van der Waals surface area contributed by atoms with Crippen LogP contribution in [0, 0.1) is 5.92 Å². The molecule has 0 aromatic heterocycles. The SMILES string of the molecule is CCC1CC(C(=O)N2C[C@H](c3ccc4c(c3)OCO4)[C@H]3[C@@H]2C2CCN3CC2)NN1. The lowest BCUT2D eigenvalue weighted by Gasteiger charge is -2.51. The van der Waals surface area contributed by atoms with Crippen molar-refractivity contribution in [2.75, 3.05) is 26.4 Å². The number of fused-ring (bicyclic) bond motifs is 3. The third-order valence-electron chi connectivity index (χ3n) is 7.87. The number of likely N-dealkylation sites (tertiary alicyclic amines) is 1. The monoisotopic (exact) mass is 398 g/mol. The predicted octanol–water partition coefficient (Wildman–Crippen LogP) is 1.45. The van der Waals surface area contributed by atoms with Crippen molar-refractivity contribution in [3.8, 4) is 11.5 Å². The van der Waals surface area contributed by atoms with Crippen molar-refractivity contribution in [3.63, 3.8) is 0 Å². The average molecular weight is 399 g/mol. The van der Waals surface area contributed by atoms with Crippen molar-refractivity contribution in [1.29, 1.82) is 0 Å². The van der Waals surface area contributed by atoms with Crippen molar-refractivity contribution in [2.45, 2.75) is 62.7 Å². The van der Waals surface area contributed by atoms with E-state index in [0.29, 0.717) is 36.8 Å². The Balaban J connectivity index is 1.31. The molecular weight excluding hydrogens is 368 g/mol. The number of nitrogens with zero attached hydrogens (tertiary/aromatic N) is 2. The van der Waals surface area contributed by atoms with Crippen LogP contribution >= 0.6 is 0 Å². The van der Waals surface area contributed by atoms with Crippen LogP contribution in [0.5, 0.6) is 11.5 Å². The molecule has 7 nitrogen and oxygen atoms in total. The zero-order chi connectivity index (χ0) is 19.5. The van der Waals surface area contributed by atoms with E-state index in [1.165, 1.54) is 18.4 Å². The van der Waals surface area contributed by atoms with Crippen LogP contribution in [0.1, 0.15) is 44.1 Å². The second-order valence-electron chi connectivity index (χ2n) is 9.25. The maximum absolute atomic E-state index is 13.6. The molecule has 1 aromatic carbocycles. The summed E-state index contributed by atoms with van der Waals surface area (Å²) < 4.78 is 11.1. The van der Waals surface area contributed by atoms with Gasteiger partial charge in [0.2, 0.25) is 12.7 Å². The van der Waals surface area contributed by atoms with Crippen molar-refractivity contribution >= 4 is 5.91 Å². The van der Waals surface area contributed by atoms with Gasteiger partial charge < -0.3 is 14.4 Å². The minimum atomic E-state index is -0.105. The van der Waals surface area contributed by atoms with Crippen LogP contribution in [0.4, 0.5) is 0 Å². The maximum Gasteiger partial charge on any atom is 0.241 e. The molecule has 6 aliphatic heterocycles. The minimum Gasteiger partial charge on any atom is -0.454 e. The van der Waals surface area contributed by atoms with Gasteiger partial charge in [-0.25, -0.2) is 5.43 Å². The molecule has 1 amide bonds. The van der Waals surface area contributed by atoms with Crippen molar-refractivity contribution in [1.82, 2.24) is 20.7 Å². The number of rotatable bonds is 3. The van der Waals surface area contributed by atoms with Crippen LogP contribution in [0.15, 0.2) is 18.2 Å². The summed E-state index contributed by atoms with van der Waals surface area (Å²) in [6, 6.07) is 7.39. The molecule has 5 fully saturated rings. The van der Waals surface area contributed by atoms with Gasteiger partial charge in [-0.2, -0.15) is 0 Å². The summed E-state index contributed by atoms with van der Waals surface area (Å²) in [5.41, 5.74) is 7.84. The summed E-state index contributed by atoms with van der Waals surface area (Å²) in [6.07, 6.45) is 4.35. The molecule has 6 heterocycles. The second-order valence-corrected chi connectivity index (χ2v) is 9.25. The smallest absolute Gasteiger partial charge is 0.241 e. The van der Waals surface area contributed by atoms with Gasteiger partial charge in [-0.15, -0.1) is 0 Å². The van der Waals surface area contributed by atoms with Gasteiger partial charge in [0.05, 0.1) is 6.04 Å². The molecule has 6 aliphatic rings. The van der Waals surface area contributed by atoms with E-state index in [1.54, 1.807) is 0 Å². The van der Waals surface area contributed by atoms with E-state index in [9.17, 15) is 4.79 Å². The van der Waals surface area contributed by atoms with Crippen LogP contribution in [-0.2, 0) is 4.79 Å². The van der Waals surface area contributed by atoms with Crippen LogP contribution in [0.2, 0.25) is 0 Å². The molecule has 0 saturated carbocycles. The van der Waals surface area contributed by atoms with Gasteiger partial charge in [0, 0.05) is 24.5 Å². The second kappa shape index (κ2) is 6.86. The number of amides is 1. The molecule has 1 aromatic rings. The van der Waals surface area contributed by atoms with Crippen molar-refractivity contribution in [2.24, 2.45) is 5.92 Å². The van der Waals surface area contributed by atoms with Gasteiger partial charge in [-0.3, -0.25) is 15.1 Å². The van der Waals surface area contributed by atoms with Gasteiger partial charge in [0.25, 0.3) is 0 Å². The number of hydrazine groups is 1. The molecule has 5 saturated heterocycles. The Morgan fingerprint density at radius 2 is 1.97 bits per heavy atom. The van der Waals surface area contributed by atoms with Crippen LogP contribution in [-0.4, -0.2) is 66.3 Å². The Kier molecular flexibility index (Phi) is 4.25. The number of carbonyl (C=O) groups excluding carboxylic acids is 1. The number of carbonyl (C=O) groups is 1. The van der Waals surface area contributed by atoms with E-state index in [0.717, 1.165) is 44.0 Å². The molecule has 2 N–H and O–H groups in total. The van der Waals surface area contributed by atoms with Gasteiger partial charge in [-0.1, -0.05) is 13.0 Å². The summed E-state index contributed by atoms with van der Waals surface area (Å²) in [5, 5.41) is 0. The van der Waals surface area contributed by atoms with Gasteiger partial charge in [0.1, 0.15) is 6.04 Å². The molecule has 0 spiro atoms. The maximum atomic E-state index is 13.6. The summed E-state index contributed by atoms with van der Waals surface area (Å²) in [7, 11) is 0. The quantitative estimate of drug-likeness (QED) is 0.804. The molecular formula is C22H30N4O3. The standard InChI is InChI=1S/C22H30N4O3/c1-2-15-10-17(24-23-15)22(27)26-11-16(14-3-4-18-19(9-14)29-12-28-18)21-20(26)13-5-7-25(21)8-6-13/h3-4,9,13,15-17,20-21,23-24H,2,5-8,10-12H2,1H3/t15?,16-,17?,20+,21+/m1/s1. The molecule has 2 bridgehead atoms. The predicted molar refractivity (Wildman–Crippen MR) is 108 cm³/mol. The first-order valence-corrected chi connectivity index (χ1v) is 11.2. The summed E-state index contributed by atoms with van der Waals surface area (Å²) in [6.45, 7) is 5.59. The molecule has 5 atom stereocenters. The Labute approximate surface area is 171 Å². The fourth-order valence-electron chi connectivity index (χ4n) is 6.36. The highest BCUT2D eigenvalue weighted by molar-refractivity contribution is 5.83. The number of hydrogen-bond donors (Lipinski definition) is 2. The van der Waals surface area contributed by atoms with E-state index in [4.69, 9.17) is 9.47 Å². The Morgan fingerprint density at radius 3 is 2.76 bits per heavy atom. The van der Waals surface area contributed by atoms with Gasteiger partial charge >= 0.3 is 0 Å². The summed E-state index contributed by atoms with van der Waals surface area (Å²) in [5.74, 6) is 2.91. The minimum absolute atomic E-state index is 0.105. The van der Waals surface area contributed by atoms with Crippen molar-refractivity contribution < 1.29 is 14.3 Å². The first kappa shape index (κ1) is 18.0. The highest BCUT2D eigenvalue weighted by Gasteiger charge is 2.55. The number of benzene rings is 1. The molecule has 29 heavy (non-hydrogen) atoms. The Hall–Kier alpha value is -1.83. The molecule has 2 unspecified atom stereocenters. The number of hydrogen-bond acceptors (Lipinski definition) is 6. The number of piperidine rings is 3. The first-order valence-electron chi connectivity index (χ1n) is 11.2. The average Bonchev–Trinajstić information content (AvgIpc) is 3.51. The van der Waals surface area contributed by atoms with Gasteiger partial charge in [0.15, 0.2) is 11.5 Å². The van der Waals surface area contributed by atoms with E-state index < -0.39 is 0 Å². The largest absolute Gasteiger partial charge is 0.454 e. The van der Waals surface area contributed by atoms with Crippen LogP contribution in [0.3, 0.4) is 0 Å². The highest BCUT2D eigenvalue weighted by atomic mass is 16.7. The van der Waals surface area contributed by atoms with Crippen LogP contribution < -0.4 is 20.3 Å². The zero-order valence-electron chi connectivity index (χ0n) is 17.0. The lowest BCUT2D eigenvalue weighted by Crippen LogP contribution is -2.62. The van der Waals surface area contributed by atoms with Gasteiger partial charge in [-0.05, 0) is 62.4 Å². The highest BCUT2D eigenvalue weighted by Crippen LogP contribution is 2.48. The zero-order valence-corrected chi connectivity index (χ0v) is 17.0. The number of nitrogens with one attached hydrogen (secondary N) is 2. The van der Waals surface area contributed by atoms with E-state index in [1.807, 2.05) is 6.07 Å². The molecule has 0 radical (unpaired) electrons. The van der Waals surface area contributed by atoms with E-state index >= 15 is 0 Å². The normalized spacial score (nSPS) is 39.8. The third kappa shape index (κ3) is 2.78. The fraction of sp³-hybridized carbons (Fsp3) is 0.682. The van der Waals surface area contributed by atoms with Crippen LogP contribution in [0.25, 0.3) is 0 Å². The lowest BCUT2D eigenvalue weighted by atomic mass is 9.75.